The van der Waals surface area contributed by atoms with E-state index in [1.807, 2.05) is 6.07 Å². The number of nitrogens with zero attached hydrogens (tertiary/aromatic N) is 3. The smallest absolute Gasteiger partial charge is 0.113 e. The summed E-state index contributed by atoms with van der Waals surface area (Å²) >= 11 is 1.25. The van der Waals surface area contributed by atoms with E-state index in [1.165, 1.54) is 17.4 Å². The number of pyridine rings is 3. The van der Waals surface area contributed by atoms with Crippen LogP contribution in [0.2, 0.25) is 0 Å². The van der Waals surface area contributed by atoms with Gasteiger partial charge in [-0.15, -0.1) is 59.7 Å². The molecule has 0 atom stereocenters. The van der Waals surface area contributed by atoms with Gasteiger partial charge in [0.1, 0.15) is 4.83 Å². The SMILES string of the molecule is [2H]c1c(C([2H])([2H])[2H])cnc(-c2[c-]ccc3c2sc2nc(C([2H])([2H])[2H])ccc23)c1[2H].[2H]c1c(C([2H])([2H])[2H])cnc(-c2[c-]cccc2)c1[2H].[Ir]. The van der Waals surface area contributed by atoms with Gasteiger partial charge < -0.3 is 9.97 Å². The van der Waals surface area contributed by atoms with Gasteiger partial charge in [0.25, 0.3) is 0 Å². The number of hydrogen-bond donors (Lipinski definition) is 0. The van der Waals surface area contributed by atoms with Crippen LogP contribution in [0.15, 0.2) is 85.1 Å². The van der Waals surface area contributed by atoms with Crippen molar-refractivity contribution in [2.75, 3.05) is 0 Å². The predicted molar refractivity (Wildman–Crippen MR) is 142 cm³/mol. The summed E-state index contributed by atoms with van der Waals surface area (Å²) < 4.78 is 99.5. The third-order valence-electron chi connectivity index (χ3n) is 4.78. The molecule has 6 rings (SSSR count). The summed E-state index contributed by atoms with van der Waals surface area (Å²) in [6, 6.07) is 18.3. The van der Waals surface area contributed by atoms with E-state index in [1.54, 1.807) is 36.4 Å². The van der Waals surface area contributed by atoms with E-state index in [2.05, 4.69) is 27.1 Å². The molecular formula is C30H23IrN3S-2. The molecule has 175 valence electrons. The molecule has 35 heavy (non-hydrogen) atoms. The van der Waals surface area contributed by atoms with Crippen molar-refractivity contribution in [3.63, 3.8) is 0 Å². The van der Waals surface area contributed by atoms with E-state index >= 15 is 0 Å². The third kappa shape index (κ3) is 5.54. The zero-order valence-corrected chi connectivity index (χ0v) is 21.1. The minimum atomic E-state index is -2.53. The Bertz CT molecular complexity index is 2110. The maximum Gasteiger partial charge on any atom is 0.113 e. The monoisotopic (exact) mass is 663 g/mol. The first-order valence-electron chi connectivity index (χ1n) is 16.5. The zero-order chi connectivity index (χ0) is 34.5. The van der Waals surface area contributed by atoms with Crippen LogP contribution in [-0.2, 0) is 20.1 Å². The standard InChI is InChI=1S/C18H13N2S.C12H10N.Ir/c1-11-6-9-16(19-10-11)15-5-3-4-13-14-8-7-12(2)20-18(14)21-17(13)15;1-10-7-8-12(13-9-10)11-5-3-2-4-6-11;/h3-4,6-10H,1-2H3;2-5,7-9H,1H3;/q2*-1;/i1D3,2D3,6D,9D;1D3,7D,8D;. The Kier molecular flexibility index (Phi) is 4.14. The molecule has 4 heterocycles. The van der Waals surface area contributed by atoms with Gasteiger partial charge in [0.05, 0.1) is 5.48 Å². The van der Waals surface area contributed by atoms with Crippen LogP contribution in [0.1, 0.15) is 34.6 Å². The zero-order valence-electron chi connectivity index (χ0n) is 30.9. The molecule has 0 aliphatic heterocycles. The number of benzene rings is 2. The minimum Gasteiger partial charge on any atom is -0.304 e. The summed E-state index contributed by atoms with van der Waals surface area (Å²) in [4.78, 5) is 12.9. The van der Waals surface area contributed by atoms with Gasteiger partial charge in [0.2, 0.25) is 0 Å². The largest absolute Gasteiger partial charge is 0.304 e. The van der Waals surface area contributed by atoms with E-state index in [0.29, 0.717) is 20.7 Å². The molecule has 0 amide bonds. The van der Waals surface area contributed by atoms with Crippen molar-refractivity contribution >= 4 is 31.6 Å². The van der Waals surface area contributed by atoms with Crippen LogP contribution in [-0.4, -0.2) is 15.0 Å². The third-order valence-corrected chi connectivity index (χ3v) is 5.91. The molecule has 0 aliphatic rings. The van der Waals surface area contributed by atoms with Gasteiger partial charge in [0.15, 0.2) is 0 Å². The first kappa shape index (κ1) is 13.2. The number of fused-ring (bicyclic) bond motifs is 3. The van der Waals surface area contributed by atoms with Crippen LogP contribution in [0, 0.1) is 32.7 Å². The molecule has 0 saturated carbocycles. The van der Waals surface area contributed by atoms with Gasteiger partial charge in [-0.05, 0) is 59.2 Å². The first-order valence-corrected chi connectivity index (χ1v) is 10.9. The number of thiophene rings is 1. The topological polar surface area (TPSA) is 38.7 Å². The molecule has 1 radical (unpaired) electrons. The van der Waals surface area contributed by atoms with Crippen LogP contribution >= 0.6 is 11.3 Å². The Hall–Kier alpha value is -3.24. The summed E-state index contributed by atoms with van der Waals surface area (Å²) in [7, 11) is 0. The summed E-state index contributed by atoms with van der Waals surface area (Å²) in [5.74, 6) is 0. The summed E-state index contributed by atoms with van der Waals surface area (Å²) in [5.41, 5.74) is 0.970. The average molecular weight is 663 g/mol. The Morgan fingerprint density at radius 2 is 1.60 bits per heavy atom. The molecule has 0 spiro atoms. The Balaban J connectivity index is 0.000000236. The van der Waals surface area contributed by atoms with Crippen LogP contribution in [0.5, 0.6) is 0 Å². The Morgan fingerprint density at radius 1 is 0.800 bits per heavy atom. The summed E-state index contributed by atoms with van der Waals surface area (Å²) in [6.07, 6.45) is 2.25. The first-order chi connectivity index (χ1) is 21.9. The molecule has 3 nitrogen and oxygen atoms in total. The van der Waals surface area contributed by atoms with Crippen LogP contribution in [0.3, 0.4) is 0 Å². The molecule has 2 aromatic carbocycles. The van der Waals surface area contributed by atoms with E-state index < -0.39 is 26.6 Å². The quantitative estimate of drug-likeness (QED) is 0.178. The maximum absolute atomic E-state index is 8.27. The van der Waals surface area contributed by atoms with Crippen molar-refractivity contribution in [3.8, 4) is 22.5 Å². The average Bonchev–Trinajstić information content (AvgIpc) is 3.37. The normalized spacial score (nSPS) is 17.0. The van der Waals surface area contributed by atoms with Gasteiger partial charge in [0, 0.05) is 50.5 Å². The van der Waals surface area contributed by atoms with Gasteiger partial charge in [-0.3, -0.25) is 0 Å². The summed E-state index contributed by atoms with van der Waals surface area (Å²) in [6.45, 7) is -7.26. The molecular weight excluding hydrogens is 627 g/mol. The van der Waals surface area contributed by atoms with Crippen LogP contribution < -0.4 is 0 Å². The van der Waals surface area contributed by atoms with Gasteiger partial charge >= 0.3 is 0 Å². The van der Waals surface area contributed by atoms with Crippen molar-refractivity contribution in [1.82, 2.24) is 15.0 Å². The fourth-order valence-corrected chi connectivity index (χ4v) is 4.41. The second-order valence-corrected chi connectivity index (χ2v) is 8.06. The molecule has 0 bridgehead atoms. The van der Waals surface area contributed by atoms with Crippen LogP contribution in [0.25, 0.3) is 42.8 Å². The fraction of sp³-hybridized carbons (Fsp3) is 0.100. The summed E-state index contributed by atoms with van der Waals surface area (Å²) in [5, 5.41) is 1.57. The van der Waals surface area contributed by atoms with Crippen molar-refractivity contribution < 1.29 is 37.9 Å². The molecule has 0 N–H and O–H groups in total. The molecule has 0 fully saturated rings. The predicted octanol–water partition coefficient (Wildman–Crippen LogP) is 7.78. The molecule has 0 saturated heterocycles. The van der Waals surface area contributed by atoms with Gasteiger partial charge in [-0.2, -0.15) is 11.3 Å². The number of rotatable bonds is 2. The van der Waals surface area contributed by atoms with E-state index in [4.69, 9.17) is 17.8 Å². The van der Waals surface area contributed by atoms with Gasteiger partial charge in [-0.25, -0.2) is 4.98 Å². The minimum absolute atomic E-state index is 0. The Labute approximate surface area is 241 Å². The van der Waals surface area contributed by atoms with Crippen molar-refractivity contribution in [2.24, 2.45) is 0 Å². The second-order valence-electron chi connectivity index (χ2n) is 7.06. The van der Waals surface area contributed by atoms with E-state index in [9.17, 15) is 0 Å². The molecule has 6 aromatic rings. The second kappa shape index (κ2) is 11.0. The molecule has 4 aromatic heterocycles. The van der Waals surface area contributed by atoms with E-state index in [0.717, 1.165) is 23.2 Å². The Morgan fingerprint density at radius 3 is 2.34 bits per heavy atom. The van der Waals surface area contributed by atoms with Crippen molar-refractivity contribution in [2.45, 2.75) is 20.6 Å². The molecule has 0 unspecified atom stereocenters. The number of aromatic nitrogens is 3. The van der Waals surface area contributed by atoms with Crippen molar-refractivity contribution in [3.05, 3.63) is 114 Å². The van der Waals surface area contributed by atoms with Crippen molar-refractivity contribution in [1.29, 1.82) is 0 Å². The van der Waals surface area contributed by atoms with Crippen LogP contribution in [0.4, 0.5) is 0 Å². The van der Waals surface area contributed by atoms with E-state index in [-0.39, 0.29) is 66.4 Å². The maximum atomic E-state index is 8.27. The fourth-order valence-electron chi connectivity index (χ4n) is 3.24. The molecule has 5 heteroatoms. The number of aryl methyl sites for hydroxylation is 3. The molecule has 0 aliphatic carbocycles. The number of hydrogen-bond acceptors (Lipinski definition) is 4. The van der Waals surface area contributed by atoms with Gasteiger partial charge in [-0.1, -0.05) is 35.6 Å².